The molecule has 0 atom stereocenters. The van der Waals surface area contributed by atoms with Crippen LogP contribution in [0.1, 0.15) is 54.4 Å². The molecule has 0 saturated heterocycles. The van der Waals surface area contributed by atoms with Crippen LogP contribution in [0.3, 0.4) is 0 Å². The molecule has 0 aliphatic rings. The van der Waals surface area contributed by atoms with E-state index in [1.54, 1.807) is 0 Å². The quantitative estimate of drug-likeness (QED) is 0.634. The first-order valence-corrected chi connectivity index (χ1v) is 5.61. The lowest BCUT2D eigenvalue weighted by atomic mass is 10.3. The minimum absolute atomic E-state index is 1.07. The van der Waals surface area contributed by atoms with Crippen LogP contribution in [-0.2, 0) is 0 Å². The second-order valence-corrected chi connectivity index (χ2v) is 2.34. The van der Waals surface area contributed by atoms with Gasteiger partial charge in [-0.2, -0.15) is 0 Å². The molecular weight excluding hydrogens is 158 g/mol. The van der Waals surface area contributed by atoms with Crippen molar-refractivity contribution in [3.05, 3.63) is 12.3 Å². The van der Waals surface area contributed by atoms with Crippen molar-refractivity contribution in [2.75, 3.05) is 13.6 Å². The van der Waals surface area contributed by atoms with Crippen molar-refractivity contribution in [1.82, 2.24) is 4.90 Å². The molecule has 0 heterocycles. The average Bonchev–Trinajstić information content (AvgIpc) is 2.23. The molecule has 13 heavy (non-hydrogen) atoms. The van der Waals surface area contributed by atoms with E-state index in [9.17, 15) is 0 Å². The fourth-order valence-corrected chi connectivity index (χ4v) is 0.763. The van der Waals surface area contributed by atoms with Crippen molar-refractivity contribution < 1.29 is 0 Å². The molecule has 0 amide bonds. The third-order valence-corrected chi connectivity index (χ3v) is 1.51. The van der Waals surface area contributed by atoms with E-state index < -0.39 is 0 Å². The molecule has 0 aliphatic heterocycles. The highest BCUT2D eigenvalue weighted by Crippen LogP contribution is 2.02. The van der Waals surface area contributed by atoms with Crippen LogP contribution in [0.15, 0.2) is 12.3 Å². The average molecular weight is 187 g/mol. The number of hydrogen-bond acceptors (Lipinski definition) is 1. The molecule has 0 unspecified atom stereocenters. The van der Waals surface area contributed by atoms with Gasteiger partial charge in [0.1, 0.15) is 0 Å². The Morgan fingerprint density at radius 1 is 1.08 bits per heavy atom. The number of hydrogen-bond donors (Lipinski definition) is 0. The Labute approximate surface area is 85.8 Å². The van der Waals surface area contributed by atoms with Crippen LogP contribution in [0.2, 0.25) is 0 Å². The summed E-state index contributed by atoms with van der Waals surface area (Å²) < 4.78 is 0. The van der Waals surface area contributed by atoms with Crippen molar-refractivity contribution in [3.63, 3.8) is 0 Å². The molecule has 0 spiro atoms. The summed E-state index contributed by atoms with van der Waals surface area (Å²) >= 11 is 0. The zero-order chi connectivity index (χ0) is 11.3. The first-order valence-electron chi connectivity index (χ1n) is 5.61. The summed E-state index contributed by atoms with van der Waals surface area (Å²) in [6, 6.07) is 0. The normalized spacial score (nSPS) is 7.31. The van der Waals surface area contributed by atoms with Gasteiger partial charge in [0.05, 0.1) is 0 Å². The topological polar surface area (TPSA) is 3.24 Å². The van der Waals surface area contributed by atoms with E-state index >= 15 is 0 Å². The Kier molecular flexibility index (Phi) is 24.8. The predicted molar refractivity (Wildman–Crippen MR) is 65.0 cm³/mol. The van der Waals surface area contributed by atoms with Crippen LogP contribution in [0.25, 0.3) is 0 Å². The highest BCUT2D eigenvalue weighted by atomic mass is 15.1. The third-order valence-electron chi connectivity index (χ3n) is 1.51. The Bertz CT molecular complexity index is 87.1. The summed E-state index contributed by atoms with van der Waals surface area (Å²) in [6.07, 6.45) is 2.27. The zero-order valence-corrected chi connectivity index (χ0v) is 10.8. The maximum absolute atomic E-state index is 3.92. The lowest BCUT2D eigenvalue weighted by Gasteiger charge is -2.19. The van der Waals surface area contributed by atoms with E-state index in [0.29, 0.717) is 0 Å². The second-order valence-electron chi connectivity index (χ2n) is 2.34. The van der Waals surface area contributed by atoms with E-state index in [4.69, 9.17) is 0 Å². The maximum atomic E-state index is 3.92. The SMILES string of the molecule is C=C(CC)N(C)CCC.CC.CC. The van der Waals surface area contributed by atoms with Gasteiger partial charge in [-0.15, -0.1) is 0 Å². The second kappa shape index (κ2) is 17.6. The monoisotopic (exact) mass is 187 g/mol. The molecular formula is C12H29N. The van der Waals surface area contributed by atoms with Crippen LogP contribution in [0.5, 0.6) is 0 Å². The molecule has 0 aliphatic carbocycles. The Hall–Kier alpha value is -0.460. The van der Waals surface area contributed by atoms with Gasteiger partial charge in [0.15, 0.2) is 0 Å². The molecule has 82 valence electrons. The lowest BCUT2D eigenvalue weighted by Crippen LogP contribution is -2.16. The summed E-state index contributed by atoms with van der Waals surface area (Å²) in [4.78, 5) is 2.21. The van der Waals surface area contributed by atoms with Gasteiger partial charge in [-0.05, 0) is 12.8 Å². The van der Waals surface area contributed by atoms with Gasteiger partial charge < -0.3 is 4.90 Å². The minimum atomic E-state index is 1.07. The molecule has 0 aromatic carbocycles. The number of allylic oxidation sites excluding steroid dienone is 1. The molecule has 0 aromatic rings. The molecule has 1 nitrogen and oxygen atoms in total. The van der Waals surface area contributed by atoms with Crippen molar-refractivity contribution in [2.24, 2.45) is 0 Å². The molecule has 0 rings (SSSR count). The highest BCUT2D eigenvalue weighted by Gasteiger charge is 1.94. The van der Waals surface area contributed by atoms with Crippen molar-refractivity contribution >= 4 is 0 Å². The fourth-order valence-electron chi connectivity index (χ4n) is 0.763. The summed E-state index contributed by atoms with van der Waals surface area (Å²) in [5.41, 5.74) is 1.23. The van der Waals surface area contributed by atoms with Crippen molar-refractivity contribution in [3.8, 4) is 0 Å². The Balaban J connectivity index is -0.000000218. The van der Waals surface area contributed by atoms with E-state index in [1.807, 2.05) is 27.7 Å². The van der Waals surface area contributed by atoms with Crippen LogP contribution in [0.4, 0.5) is 0 Å². The smallest absolute Gasteiger partial charge is 0.0168 e. The van der Waals surface area contributed by atoms with Gasteiger partial charge >= 0.3 is 0 Å². The van der Waals surface area contributed by atoms with Crippen molar-refractivity contribution in [2.45, 2.75) is 54.4 Å². The van der Waals surface area contributed by atoms with E-state index in [-0.39, 0.29) is 0 Å². The van der Waals surface area contributed by atoms with E-state index in [2.05, 4.69) is 32.4 Å². The first-order chi connectivity index (χ1) is 6.22. The largest absolute Gasteiger partial charge is 0.378 e. The highest BCUT2D eigenvalue weighted by molar-refractivity contribution is 4.89. The van der Waals surface area contributed by atoms with E-state index in [0.717, 1.165) is 13.0 Å². The van der Waals surface area contributed by atoms with Gasteiger partial charge in [-0.3, -0.25) is 0 Å². The zero-order valence-electron chi connectivity index (χ0n) is 10.8. The van der Waals surface area contributed by atoms with Gasteiger partial charge in [-0.25, -0.2) is 0 Å². The van der Waals surface area contributed by atoms with Gasteiger partial charge in [-0.1, -0.05) is 48.1 Å². The Morgan fingerprint density at radius 2 is 1.46 bits per heavy atom. The molecule has 0 aromatic heterocycles. The minimum Gasteiger partial charge on any atom is -0.378 e. The number of rotatable bonds is 4. The standard InChI is InChI=1S/C8H17N.2C2H6/c1-5-7-9(4)8(3)6-2;2*1-2/h3,5-7H2,1-2,4H3;2*1-2H3. The maximum Gasteiger partial charge on any atom is 0.0168 e. The van der Waals surface area contributed by atoms with Crippen molar-refractivity contribution in [1.29, 1.82) is 0 Å². The molecule has 0 saturated carbocycles. The summed E-state index contributed by atoms with van der Waals surface area (Å²) in [7, 11) is 2.09. The molecule has 1 heteroatoms. The van der Waals surface area contributed by atoms with Gasteiger partial charge in [0, 0.05) is 19.3 Å². The summed E-state index contributed by atoms with van der Waals surface area (Å²) in [5, 5.41) is 0. The predicted octanol–water partition coefficient (Wildman–Crippen LogP) is 4.30. The number of nitrogens with zero attached hydrogens (tertiary/aromatic N) is 1. The van der Waals surface area contributed by atoms with Gasteiger partial charge in [0.25, 0.3) is 0 Å². The lowest BCUT2D eigenvalue weighted by molar-refractivity contribution is 0.407. The van der Waals surface area contributed by atoms with E-state index in [1.165, 1.54) is 12.1 Å². The molecule has 0 bridgehead atoms. The third kappa shape index (κ3) is 14.4. The molecule has 0 radical (unpaired) electrons. The van der Waals surface area contributed by atoms with Crippen LogP contribution in [-0.4, -0.2) is 18.5 Å². The molecule has 0 fully saturated rings. The molecule has 0 N–H and O–H groups in total. The fraction of sp³-hybridized carbons (Fsp3) is 0.833. The Morgan fingerprint density at radius 3 is 1.69 bits per heavy atom. The summed E-state index contributed by atoms with van der Waals surface area (Å²) in [5.74, 6) is 0. The van der Waals surface area contributed by atoms with Crippen LogP contribution >= 0.6 is 0 Å². The van der Waals surface area contributed by atoms with Crippen LogP contribution in [0, 0.1) is 0 Å². The van der Waals surface area contributed by atoms with Gasteiger partial charge in [0.2, 0.25) is 0 Å². The summed E-state index contributed by atoms with van der Waals surface area (Å²) in [6.45, 7) is 17.4. The van der Waals surface area contributed by atoms with Crippen LogP contribution < -0.4 is 0 Å². The first kappa shape index (κ1) is 18.3.